The highest BCUT2D eigenvalue weighted by molar-refractivity contribution is 6.38. The van der Waals surface area contributed by atoms with E-state index in [0.29, 0.717) is 27.6 Å². The van der Waals surface area contributed by atoms with Crippen LogP contribution in [0.2, 0.25) is 10.0 Å². The number of hydrogen-bond donors (Lipinski definition) is 2. The molecule has 3 aromatic rings. The second kappa shape index (κ2) is 9.94. The van der Waals surface area contributed by atoms with Gasteiger partial charge in [0.15, 0.2) is 0 Å². The molecule has 0 radical (unpaired) electrons. The van der Waals surface area contributed by atoms with Crippen molar-refractivity contribution in [2.45, 2.75) is 18.0 Å². The predicted molar refractivity (Wildman–Crippen MR) is 142 cm³/mol. The van der Waals surface area contributed by atoms with Gasteiger partial charge in [-0.1, -0.05) is 59.6 Å². The number of methoxy groups -OCH3 is 2. The van der Waals surface area contributed by atoms with Crippen molar-refractivity contribution in [1.82, 2.24) is 5.32 Å². The van der Waals surface area contributed by atoms with Gasteiger partial charge in [-0.05, 0) is 29.8 Å². The topological polar surface area (TPSA) is 105 Å². The quantitative estimate of drug-likeness (QED) is 0.413. The second-order valence-corrected chi connectivity index (χ2v) is 10.1. The summed E-state index contributed by atoms with van der Waals surface area (Å²) in [6, 6.07) is 17.6. The number of anilines is 1. The van der Waals surface area contributed by atoms with Crippen molar-refractivity contribution in [3.8, 4) is 11.5 Å². The van der Waals surface area contributed by atoms with Gasteiger partial charge in [0, 0.05) is 29.1 Å². The molecular formula is C28H24Cl2N2O6. The van der Waals surface area contributed by atoms with Crippen LogP contribution in [-0.4, -0.2) is 42.6 Å². The number of rotatable bonds is 7. The molecule has 2 aliphatic rings. The highest BCUT2D eigenvalue weighted by Crippen LogP contribution is 2.53. The molecule has 3 aromatic carbocycles. The minimum Gasteiger partial charge on any atom is -0.497 e. The predicted octanol–water partition coefficient (Wildman–Crippen LogP) is 4.53. The lowest BCUT2D eigenvalue weighted by molar-refractivity contribution is -0.148. The fourth-order valence-electron chi connectivity index (χ4n) is 5.60. The average Bonchev–Trinajstić information content (AvgIpc) is 3.38. The van der Waals surface area contributed by atoms with E-state index in [0.717, 1.165) is 4.90 Å². The van der Waals surface area contributed by atoms with Gasteiger partial charge in [0.1, 0.15) is 17.0 Å². The molecule has 10 heteroatoms. The van der Waals surface area contributed by atoms with Crippen molar-refractivity contribution in [1.29, 1.82) is 0 Å². The Balaban J connectivity index is 1.69. The number of hydrogen-bond acceptors (Lipinski definition) is 6. The number of amides is 2. The minimum absolute atomic E-state index is 0.0273. The molecule has 0 spiro atoms. The summed E-state index contributed by atoms with van der Waals surface area (Å²) < 4.78 is 10.9. The zero-order valence-corrected chi connectivity index (χ0v) is 22.0. The van der Waals surface area contributed by atoms with Gasteiger partial charge in [-0.2, -0.15) is 0 Å². The van der Waals surface area contributed by atoms with E-state index in [1.807, 2.05) is 6.07 Å². The number of carbonyl (C=O) groups is 3. The molecule has 2 aliphatic heterocycles. The number of ether oxygens (including phenoxy) is 2. The van der Waals surface area contributed by atoms with Crippen LogP contribution in [0.25, 0.3) is 0 Å². The lowest BCUT2D eigenvalue weighted by Gasteiger charge is -2.31. The van der Waals surface area contributed by atoms with Gasteiger partial charge >= 0.3 is 5.97 Å². The monoisotopic (exact) mass is 554 g/mol. The van der Waals surface area contributed by atoms with Crippen LogP contribution in [0.3, 0.4) is 0 Å². The van der Waals surface area contributed by atoms with Crippen LogP contribution in [-0.2, 0) is 20.8 Å². The Morgan fingerprint density at radius 1 is 1.00 bits per heavy atom. The first-order chi connectivity index (χ1) is 18.2. The summed E-state index contributed by atoms with van der Waals surface area (Å²) in [5.74, 6) is -3.80. The Labute approximate surface area is 229 Å². The summed E-state index contributed by atoms with van der Waals surface area (Å²) >= 11 is 12.4. The summed E-state index contributed by atoms with van der Waals surface area (Å²) in [6.07, 6.45) is -0.0273. The summed E-state index contributed by atoms with van der Waals surface area (Å²) in [7, 11) is 2.99. The molecule has 0 bridgehead atoms. The fraction of sp³-hybridized carbons (Fsp3) is 0.250. The third-order valence-corrected chi connectivity index (χ3v) is 7.83. The number of carboxylic acids is 1. The maximum Gasteiger partial charge on any atom is 0.325 e. The van der Waals surface area contributed by atoms with Crippen molar-refractivity contribution in [3.63, 3.8) is 0 Å². The summed E-state index contributed by atoms with van der Waals surface area (Å²) in [5.41, 5.74) is -0.404. The van der Waals surface area contributed by atoms with Crippen LogP contribution in [0, 0.1) is 11.8 Å². The second-order valence-electron chi connectivity index (χ2n) is 9.28. The molecule has 2 saturated heterocycles. The Bertz CT molecular complexity index is 1430. The Kier molecular flexibility index (Phi) is 6.81. The number of nitrogens with zero attached hydrogens (tertiary/aromatic N) is 1. The van der Waals surface area contributed by atoms with Crippen LogP contribution in [0.15, 0.2) is 66.7 Å². The van der Waals surface area contributed by atoms with Crippen LogP contribution < -0.4 is 19.7 Å². The normalized spacial score (nSPS) is 24.4. The van der Waals surface area contributed by atoms with Gasteiger partial charge in [-0.15, -0.1) is 0 Å². The molecule has 4 atom stereocenters. The van der Waals surface area contributed by atoms with Gasteiger partial charge in [0.2, 0.25) is 11.8 Å². The van der Waals surface area contributed by atoms with E-state index in [4.69, 9.17) is 32.7 Å². The Morgan fingerprint density at radius 3 is 2.37 bits per heavy atom. The van der Waals surface area contributed by atoms with Crippen molar-refractivity contribution in [3.05, 3.63) is 87.9 Å². The minimum atomic E-state index is -1.79. The van der Waals surface area contributed by atoms with Crippen LogP contribution in [0.4, 0.5) is 5.69 Å². The zero-order chi connectivity index (χ0) is 27.2. The smallest absolute Gasteiger partial charge is 0.325 e. The number of carbonyl (C=O) groups excluding carboxylic acids is 2. The van der Waals surface area contributed by atoms with Gasteiger partial charge in [0.05, 0.1) is 36.8 Å². The fourth-order valence-corrected chi connectivity index (χ4v) is 6.09. The highest BCUT2D eigenvalue weighted by Gasteiger charge is 2.69. The third-order valence-electron chi connectivity index (χ3n) is 7.29. The van der Waals surface area contributed by atoms with Gasteiger partial charge in [-0.25, -0.2) is 4.90 Å². The molecule has 0 aromatic heterocycles. The molecule has 2 amide bonds. The first kappa shape index (κ1) is 26.0. The van der Waals surface area contributed by atoms with Gasteiger partial charge in [0.25, 0.3) is 0 Å². The largest absolute Gasteiger partial charge is 0.497 e. The molecule has 0 aliphatic carbocycles. The molecule has 2 fully saturated rings. The molecule has 38 heavy (non-hydrogen) atoms. The Hall–Kier alpha value is -3.59. The lowest BCUT2D eigenvalue weighted by Crippen LogP contribution is -2.57. The first-order valence-corrected chi connectivity index (χ1v) is 12.6. The van der Waals surface area contributed by atoms with E-state index in [1.165, 1.54) is 32.4 Å². The van der Waals surface area contributed by atoms with E-state index < -0.39 is 41.2 Å². The molecule has 196 valence electrons. The van der Waals surface area contributed by atoms with Gasteiger partial charge in [-0.3, -0.25) is 19.7 Å². The van der Waals surface area contributed by atoms with Crippen LogP contribution in [0.1, 0.15) is 17.2 Å². The molecule has 0 saturated carbocycles. The van der Waals surface area contributed by atoms with Crippen LogP contribution >= 0.6 is 23.2 Å². The molecular weight excluding hydrogens is 531 g/mol. The number of carboxylic acid groups (broad SMARTS) is 1. The molecule has 5 rings (SSSR count). The zero-order valence-electron chi connectivity index (χ0n) is 20.5. The molecule has 2 heterocycles. The average molecular weight is 555 g/mol. The van der Waals surface area contributed by atoms with Crippen molar-refractivity contribution < 1.29 is 29.0 Å². The van der Waals surface area contributed by atoms with E-state index in [9.17, 15) is 19.5 Å². The number of imide groups is 1. The first-order valence-electron chi connectivity index (χ1n) is 11.8. The van der Waals surface area contributed by atoms with Crippen molar-refractivity contribution in [2.75, 3.05) is 19.1 Å². The maximum absolute atomic E-state index is 14.0. The standard InChI is InChI=1S/C28H24Cl2N2O6/c1-37-17-9-10-18(21(13-17)38-2)24-22-23(28(31-24,27(35)36)14-15-6-4-3-5-7-15)26(34)32(25(22)33)20-11-8-16(29)12-19(20)30/h3-13,22-24,31H,14H2,1-2H3,(H,35,36). The SMILES string of the molecule is COc1ccc(C2NC(Cc3ccccc3)(C(=O)O)C3C(=O)N(c4ccc(Cl)cc4Cl)C(=O)C23)c(OC)c1. The lowest BCUT2D eigenvalue weighted by atomic mass is 9.76. The number of benzene rings is 3. The van der Waals surface area contributed by atoms with Crippen molar-refractivity contribution in [2.24, 2.45) is 11.8 Å². The number of nitrogens with one attached hydrogen (secondary N) is 1. The summed E-state index contributed by atoms with van der Waals surface area (Å²) in [5, 5.41) is 14.3. The van der Waals surface area contributed by atoms with Gasteiger partial charge < -0.3 is 14.6 Å². The molecule has 2 N–H and O–H groups in total. The van der Waals surface area contributed by atoms with E-state index >= 15 is 0 Å². The Morgan fingerprint density at radius 2 is 1.74 bits per heavy atom. The molecule has 8 nitrogen and oxygen atoms in total. The number of aliphatic carboxylic acids is 1. The summed E-state index contributed by atoms with van der Waals surface area (Å²) in [6.45, 7) is 0. The highest BCUT2D eigenvalue weighted by atomic mass is 35.5. The maximum atomic E-state index is 14.0. The van der Waals surface area contributed by atoms with E-state index in [1.54, 1.807) is 42.5 Å². The van der Waals surface area contributed by atoms with Crippen LogP contribution in [0.5, 0.6) is 11.5 Å². The number of halogens is 2. The van der Waals surface area contributed by atoms with Crippen molar-refractivity contribution >= 4 is 46.7 Å². The third kappa shape index (κ3) is 4.09. The molecule has 4 unspecified atom stereocenters. The van der Waals surface area contributed by atoms with E-state index in [2.05, 4.69) is 5.32 Å². The summed E-state index contributed by atoms with van der Waals surface area (Å²) in [4.78, 5) is 42.1. The number of fused-ring (bicyclic) bond motifs is 1. The van der Waals surface area contributed by atoms with E-state index in [-0.39, 0.29) is 17.1 Å².